The lowest BCUT2D eigenvalue weighted by Crippen LogP contribution is -1.99. The number of nitrogens with one attached hydrogen (secondary N) is 1. The van der Waals surface area contributed by atoms with E-state index >= 15 is 0 Å². The van der Waals surface area contributed by atoms with Gasteiger partial charge in [-0.2, -0.15) is 0 Å². The summed E-state index contributed by atoms with van der Waals surface area (Å²) in [7, 11) is 0. The minimum Gasteiger partial charge on any atom is -0.380 e. The first-order valence-electron chi connectivity index (χ1n) is 4.98. The molecule has 1 N–H and O–H groups in total. The Morgan fingerprint density at radius 3 is 2.38 bits per heavy atom. The quantitative estimate of drug-likeness (QED) is 0.888. The minimum atomic E-state index is -0.204. The van der Waals surface area contributed by atoms with Crippen LogP contribution in [0.2, 0.25) is 0 Å². The van der Waals surface area contributed by atoms with E-state index in [2.05, 4.69) is 21.2 Å². The first-order chi connectivity index (χ1) is 7.75. The van der Waals surface area contributed by atoms with Crippen molar-refractivity contribution < 1.29 is 4.39 Å². The molecule has 16 heavy (non-hydrogen) atoms. The SMILES string of the molecule is Fc1ccc(CNc2ccccc2Br)cc1. The highest BCUT2D eigenvalue weighted by Gasteiger charge is 1.98. The predicted molar refractivity (Wildman–Crippen MR) is 67.9 cm³/mol. The van der Waals surface area contributed by atoms with Gasteiger partial charge in [0.05, 0.1) is 0 Å². The highest BCUT2D eigenvalue weighted by Crippen LogP contribution is 2.21. The van der Waals surface area contributed by atoms with E-state index in [4.69, 9.17) is 0 Å². The molecule has 2 rings (SSSR count). The molecule has 2 aromatic carbocycles. The van der Waals surface area contributed by atoms with Crippen molar-refractivity contribution in [1.82, 2.24) is 0 Å². The molecule has 1 nitrogen and oxygen atoms in total. The summed E-state index contributed by atoms with van der Waals surface area (Å²) in [4.78, 5) is 0. The van der Waals surface area contributed by atoms with Crippen molar-refractivity contribution in [1.29, 1.82) is 0 Å². The van der Waals surface area contributed by atoms with E-state index in [1.807, 2.05) is 24.3 Å². The van der Waals surface area contributed by atoms with Crippen LogP contribution in [0.1, 0.15) is 5.56 Å². The molecule has 0 aliphatic carbocycles. The molecule has 0 aromatic heterocycles. The number of benzene rings is 2. The Bertz CT molecular complexity index is 468. The van der Waals surface area contributed by atoms with Gasteiger partial charge in [-0.15, -0.1) is 0 Å². The molecule has 0 atom stereocenters. The number of para-hydroxylation sites is 1. The maximum Gasteiger partial charge on any atom is 0.123 e. The Morgan fingerprint density at radius 2 is 1.69 bits per heavy atom. The summed E-state index contributed by atoms with van der Waals surface area (Å²) >= 11 is 3.46. The van der Waals surface area contributed by atoms with E-state index in [9.17, 15) is 4.39 Å². The molecule has 0 saturated carbocycles. The monoisotopic (exact) mass is 279 g/mol. The van der Waals surface area contributed by atoms with Crippen LogP contribution in [0.25, 0.3) is 0 Å². The van der Waals surface area contributed by atoms with Crippen molar-refractivity contribution in [3.8, 4) is 0 Å². The summed E-state index contributed by atoms with van der Waals surface area (Å²) in [5, 5.41) is 3.28. The topological polar surface area (TPSA) is 12.0 Å². The van der Waals surface area contributed by atoms with Crippen LogP contribution in [0.5, 0.6) is 0 Å². The average molecular weight is 280 g/mol. The third-order valence-electron chi connectivity index (χ3n) is 2.27. The molecular weight excluding hydrogens is 269 g/mol. The van der Waals surface area contributed by atoms with Crippen molar-refractivity contribution in [2.24, 2.45) is 0 Å². The Morgan fingerprint density at radius 1 is 1.00 bits per heavy atom. The third-order valence-corrected chi connectivity index (χ3v) is 2.96. The molecule has 0 heterocycles. The molecule has 0 fully saturated rings. The van der Waals surface area contributed by atoms with Crippen LogP contribution in [0.3, 0.4) is 0 Å². The van der Waals surface area contributed by atoms with Gasteiger partial charge in [0, 0.05) is 16.7 Å². The number of hydrogen-bond acceptors (Lipinski definition) is 1. The fourth-order valence-corrected chi connectivity index (χ4v) is 1.83. The fraction of sp³-hybridized carbons (Fsp3) is 0.0769. The van der Waals surface area contributed by atoms with Crippen molar-refractivity contribution in [2.75, 3.05) is 5.32 Å². The molecule has 0 amide bonds. The van der Waals surface area contributed by atoms with Crippen molar-refractivity contribution >= 4 is 21.6 Å². The summed E-state index contributed by atoms with van der Waals surface area (Å²) in [5.41, 5.74) is 2.09. The molecule has 0 saturated heterocycles. The van der Waals surface area contributed by atoms with E-state index < -0.39 is 0 Å². The lowest BCUT2D eigenvalue weighted by atomic mass is 10.2. The number of rotatable bonds is 3. The van der Waals surface area contributed by atoms with Crippen LogP contribution in [0, 0.1) is 5.82 Å². The van der Waals surface area contributed by atoms with Gasteiger partial charge in [-0.3, -0.25) is 0 Å². The molecule has 0 spiro atoms. The summed E-state index contributed by atoms with van der Waals surface area (Å²) in [6, 6.07) is 14.4. The van der Waals surface area contributed by atoms with E-state index in [0.29, 0.717) is 6.54 Å². The number of halogens is 2. The van der Waals surface area contributed by atoms with Gasteiger partial charge in [0.25, 0.3) is 0 Å². The first-order valence-corrected chi connectivity index (χ1v) is 5.78. The molecule has 0 aliphatic rings. The Hall–Kier alpha value is -1.35. The molecule has 2 aromatic rings. The third kappa shape index (κ3) is 2.83. The van der Waals surface area contributed by atoms with Crippen LogP contribution in [-0.4, -0.2) is 0 Å². The van der Waals surface area contributed by atoms with Crippen LogP contribution < -0.4 is 5.32 Å². The Labute approximate surface area is 102 Å². The second-order valence-corrected chi connectivity index (χ2v) is 4.31. The van der Waals surface area contributed by atoms with Gasteiger partial charge in [-0.05, 0) is 45.8 Å². The van der Waals surface area contributed by atoms with Crippen molar-refractivity contribution in [3.05, 3.63) is 64.4 Å². The van der Waals surface area contributed by atoms with E-state index in [1.54, 1.807) is 12.1 Å². The van der Waals surface area contributed by atoms with Gasteiger partial charge in [-0.25, -0.2) is 4.39 Å². The van der Waals surface area contributed by atoms with Crippen LogP contribution in [-0.2, 0) is 6.54 Å². The molecule has 0 aliphatic heterocycles. The zero-order valence-electron chi connectivity index (χ0n) is 8.58. The fourth-order valence-electron chi connectivity index (χ4n) is 1.40. The molecule has 3 heteroatoms. The maximum atomic E-state index is 12.7. The van der Waals surface area contributed by atoms with E-state index in [1.165, 1.54) is 12.1 Å². The van der Waals surface area contributed by atoms with Gasteiger partial charge < -0.3 is 5.32 Å². The van der Waals surface area contributed by atoms with Crippen LogP contribution in [0.4, 0.5) is 10.1 Å². The van der Waals surface area contributed by atoms with Crippen molar-refractivity contribution in [3.63, 3.8) is 0 Å². The van der Waals surface area contributed by atoms with Crippen molar-refractivity contribution in [2.45, 2.75) is 6.54 Å². The lowest BCUT2D eigenvalue weighted by Gasteiger charge is -2.08. The zero-order valence-corrected chi connectivity index (χ0v) is 10.2. The maximum absolute atomic E-state index is 12.7. The Kier molecular flexibility index (Phi) is 3.57. The predicted octanol–water partition coefficient (Wildman–Crippen LogP) is 4.20. The van der Waals surface area contributed by atoms with Gasteiger partial charge in [0.1, 0.15) is 5.82 Å². The van der Waals surface area contributed by atoms with Crippen LogP contribution in [0.15, 0.2) is 53.0 Å². The van der Waals surface area contributed by atoms with Crippen LogP contribution >= 0.6 is 15.9 Å². The standard InChI is InChI=1S/C13H11BrFN/c14-12-3-1-2-4-13(12)16-9-10-5-7-11(15)8-6-10/h1-8,16H,9H2. The Balaban J connectivity index is 2.02. The van der Waals surface area contributed by atoms with E-state index in [-0.39, 0.29) is 5.82 Å². The zero-order chi connectivity index (χ0) is 11.4. The summed E-state index contributed by atoms with van der Waals surface area (Å²) in [6.45, 7) is 0.683. The van der Waals surface area contributed by atoms with Gasteiger partial charge >= 0.3 is 0 Å². The van der Waals surface area contributed by atoms with Gasteiger partial charge in [-0.1, -0.05) is 24.3 Å². The number of hydrogen-bond donors (Lipinski definition) is 1. The summed E-state index contributed by atoms with van der Waals surface area (Å²) < 4.78 is 13.7. The molecule has 82 valence electrons. The minimum absolute atomic E-state index is 0.204. The summed E-state index contributed by atoms with van der Waals surface area (Å²) in [5.74, 6) is -0.204. The largest absolute Gasteiger partial charge is 0.380 e. The summed E-state index contributed by atoms with van der Waals surface area (Å²) in [6.07, 6.45) is 0. The highest BCUT2D eigenvalue weighted by molar-refractivity contribution is 9.10. The average Bonchev–Trinajstić information content (AvgIpc) is 2.30. The van der Waals surface area contributed by atoms with E-state index in [0.717, 1.165) is 15.7 Å². The first kappa shape index (κ1) is 11.1. The normalized spacial score (nSPS) is 10.1. The lowest BCUT2D eigenvalue weighted by molar-refractivity contribution is 0.627. The smallest absolute Gasteiger partial charge is 0.123 e. The molecular formula is C13H11BrFN. The molecule has 0 bridgehead atoms. The molecule has 0 radical (unpaired) electrons. The number of anilines is 1. The second kappa shape index (κ2) is 5.12. The highest BCUT2D eigenvalue weighted by atomic mass is 79.9. The van der Waals surface area contributed by atoms with Gasteiger partial charge in [0.2, 0.25) is 0 Å². The van der Waals surface area contributed by atoms with Gasteiger partial charge in [0.15, 0.2) is 0 Å². The second-order valence-electron chi connectivity index (χ2n) is 3.46. The molecule has 0 unspecified atom stereocenters.